The topological polar surface area (TPSA) is 4.93 Å². The summed E-state index contributed by atoms with van der Waals surface area (Å²) >= 11 is 0. The molecule has 0 saturated carbocycles. The molecule has 0 aliphatic heterocycles. The fourth-order valence-corrected chi connectivity index (χ4v) is 6.47. The van der Waals surface area contributed by atoms with Crippen molar-refractivity contribution in [2.45, 2.75) is 5.92 Å². The average Bonchev–Trinajstić information content (AvgIpc) is 3.36. The van der Waals surface area contributed by atoms with E-state index in [4.69, 9.17) is 0 Å². The number of benzene rings is 7. The summed E-state index contributed by atoms with van der Waals surface area (Å²) in [6.45, 7) is 0. The zero-order valence-corrected chi connectivity index (χ0v) is 22.0. The number of hydrogen-bond acceptors (Lipinski definition) is 0. The Bertz CT molecular complexity index is 2110. The molecule has 1 heterocycles. The molecule has 1 atom stereocenters. The van der Waals surface area contributed by atoms with Crippen LogP contribution in [0.1, 0.15) is 22.6 Å². The molecule has 188 valence electrons. The molecule has 8 rings (SSSR count). The van der Waals surface area contributed by atoms with Crippen molar-refractivity contribution >= 4 is 43.4 Å². The van der Waals surface area contributed by atoms with Crippen LogP contribution >= 0.6 is 0 Å². The van der Waals surface area contributed by atoms with Crippen molar-refractivity contribution in [2.24, 2.45) is 0 Å². The number of para-hydroxylation sites is 2. The Labute approximate surface area is 233 Å². The van der Waals surface area contributed by atoms with Crippen LogP contribution in [-0.2, 0) is 0 Å². The first-order valence-electron chi connectivity index (χ1n) is 13.9. The van der Waals surface area contributed by atoms with Gasteiger partial charge in [-0.1, -0.05) is 133 Å². The van der Waals surface area contributed by atoms with E-state index in [0.717, 1.165) is 0 Å². The Hall–Kier alpha value is -5.14. The van der Waals surface area contributed by atoms with Crippen molar-refractivity contribution < 1.29 is 0 Å². The lowest BCUT2D eigenvalue weighted by atomic mass is 9.82. The number of nitrogens with zero attached hydrogens (tertiary/aromatic N) is 1. The summed E-state index contributed by atoms with van der Waals surface area (Å²) in [6, 6.07) is 57.5. The Morgan fingerprint density at radius 1 is 0.375 bits per heavy atom. The standard InChI is InChI=1S/C39H27N/c1-2-12-28(13-3-1)39(36-18-10-14-27-11-4-5-15-33(27)36)31-22-21-30-26-32(24-23-29(30)25-31)40-37-19-8-6-16-34(37)35-17-7-9-20-38(35)40/h1-26,39H. The van der Waals surface area contributed by atoms with E-state index < -0.39 is 0 Å². The number of fused-ring (bicyclic) bond motifs is 5. The third kappa shape index (κ3) is 3.63. The van der Waals surface area contributed by atoms with Crippen LogP contribution in [0.2, 0.25) is 0 Å². The second kappa shape index (κ2) is 9.25. The fraction of sp³-hybridized carbons (Fsp3) is 0.0256. The lowest BCUT2D eigenvalue weighted by Gasteiger charge is -2.21. The largest absolute Gasteiger partial charge is 0.309 e. The first kappa shape index (κ1) is 22.8. The Balaban J connectivity index is 1.30. The molecule has 0 amide bonds. The van der Waals surface area contributed by atoms with Gasteiger partial charge in [0.1, 0.15) is 0 Å². The molecule has 1 nitrogen and oxygen atoms in total. The van der Waals surface area contributed by atoms with E-state index in [1.54, 1.807) is 0 Å². The van der Waals surface area contributed by atoms with Crippen molar-refractivity contribution in [2.75, 3.05) is 0 Å². The summed E-state index contributed by atoms with van der Waals surface area (Å²) in [4.78, 5) is 0. The molecule has 0 radical (unpaired) electrons. The molecule has 40 heavy (non-hydrogen) atoms. The highest BCUT2D eigenvalue weighted by Gasteiger charge is 2.19. The number of aromatic nitrogens is 1. The first-order valence-corrected chi connectivity index (χ1v) is 13.9. The van der Waals surface area contributed by atoms with Gasteiger partial charge < -0.3 is 4.57 Å². The molecule has 0 saturated heterocycles. The van der Waals surface area contributed by atoms with Crippen LogP contribution in [0.15, 0.2) is 158 Å². The van der Waals surface area contributed by atoms with Gasteiger partial charge in [0.05, 0.1) is 11.0 Å². The van der Waals surface area contributed by atoms with Crippen LogP contribution in [-0.4, -0.2) is 4.57 Å². The van der Waals surface area contributed by atoms with E-state index in [0.29, 0.717) is 0 Å². The molecule has 7 aromatic carbocycles. The maximum absolute atomic E-state index is 2.39. The second-order valence-corrected chi connectivity index (χ2v) is 10.6. The van der Waals surface area contributed by atoms with E-state index in [1.807, 2.05) is 0 Å². The Morgan fingerprint density at radius 3 is 1.75 bits per heavy atom. The summed E-state index contributed by atoms with van der Waals surface area (Å²) in [5, 5.41) is 7.65. The average molecular weight is 510 g/mol. The van der Waals surface area contributed by atoms with Crippen molar-refractivity contribution in [3.63, 3.8) is 0 Å². The summed E-state index contributed by atoms with van der Waals surface area (Å²) in [6.07, 6.45) is 0. The SMILES string of the molecule is c1ccc(C(c2ccc3cc(-n4c5ccccc5c5ccccc54)ccc3c2)c2cccc3ccccc23)cc1. The molecule has 8 aromatic rings. The maximum atomic E-state index is 2.39. The van der Waals surface area contributed by atoms with Gasteiger partial charge in [0.25, 0.3) is 0 Å². The second-order valence-electron chi connectivity index (χ2n) is 10.6. The third-order valence-corrected chi connectivity index (χ3v) is 8.29. The summed E-state index contributed by atoms with van der Waals surface area (Å²) in [7, 11) is 0. The molecule has 0 fully saturated rings. The lowest BCUT2D eigenvalue weighted by molar-refractivity contribution is 0.992. The predicted molar refractivity (Wildman–Crippen MR) is 170 cm³/mol. The van der Waals surface area contributed by atoms with Gasteiger partial charge in [0.15, 0.2) is 0 Å². The van der Waals surface area contributed by atoms with E-state index in [2.05, 4.69) is 162 Å². The van der Waals surface area contributed by atoms with Crippen LogP contribution in [0.4, 0.5) is 0 Å². The molecule has 0 bridgehead atoms. The quantitative estimate of drug-likeness (QED) is 0.208. The van der Waals surface area contributed by atoms with Crippen molar-refractivity contribution in [1.29, 1.82) is 0 Å². The van der Waals surface area contributed by atoms with Crippen molar-refractivity contribution in [1.82, 2.24) is 4.57 Å². The minimum absolute atomic E-state index is 0.147. The molecule has 1 unspecified atom stereocenters. The van der Waals surface area contributed by atoms with Gasteiger partial charge in [-0.05, 0) is 62.5 Å². The molecule has 0 N–H and O–H groups in total. The number of rotatable bonds is 4. The molecule has 0 aliphatic carbocycles. The van der Waals surface area contributed by atoms with Crippen LogP contribution in [0.5, 0.6) is 0 Å². The van der Waals surface area contributed by atoms with Gasteiger partial charge in [0, 0.05) is 22.4 Å². The molecule has 1 aromatic heterocycles. The highest BCUT2D eigenvalue weighted by molar-refractivity contribution is 6.09. The van der Waals surface area contributed by atoms with Crippen LogP contribution < -0.4 is 0 Å². The molecular formula is C39H27N. The van der Waals surface area contributed by atoms with Crippen LogP contribution in [0.25, 0.3) is 49.0 Å². The van der Waals surface area contributed by atoms with Gasteiger partial charge in [-0.25, -0.2) is 0 Å². The van der Waals surface area contributed by atoms with Gasteiger partial charge in [0.2, 0.25) is 0 Å². The van der Waals surface area contributed by atoms with Crippen molar-refractivity contribution in [3.05, 3.63) is 174 Å². The van der Waals surface area contributed by atoms with Crippen LogP contribution in [0, 0.1) is 0 Å². The van der Waals surface area contributed by atoms with Gasteiger partial charge in [-0.2, -0.15) is 0 Å². The van der Waals surface area contributed by atoms with Crippen LogP contribution in [0.3, 0.4) is 0 Å². The van der Waals surface area contributed by atoms with Gasteiger partial charge >= 0.3 is 0 Å². The molecular weight excluding hydrogens is 482 g/mol. The summed E-state index contributed by atoms with van der Waals surface area (Å²) in [5.41, 5.74) is 7.61. The summed E-state index contributed by atoms with van der Waals surface area (Å²) in [5.74, 6) is 0.147. The fourth-order valence-electron chi connectivity index (χ4n) is 6.47. The van der Waals surface area contributed by atoms with E-state index in [1.165, 1.54) is 65.7 Å². The molecule has 0 spiro atoms. The maximum Gasteiger partial charge on any atom is 0.0541 e. The minimum Gasteiger partial charge on any atom is -0.309 e. The monoisotopic (exact) mass is 509 g/mol. The zero-order valence-electron chi connectivity index (χ0n) is 22.0. The van der Waals surface area contributed by atoms with E-state index in [-0.39, 0.29) is 5.92 Å². The highest BCUT2D eigenvalue weighted by atomic mass is 15.0. The third-order valence-electron chi connectivity index (χ3n) is 8.29. The van der Waals surface area contributed by atoms with Crippen molar-refractivity contribution in [3.8, 4) is 5.69 Å². The highest BCUT2D eigenvalue weighted by Crippen LogP contribution is 2.38. The van der Waals surface area contributed by atoms with Gasteiger partial charge in [-0.15, -0.1) is 0 Å². The predicted octanol–water partition coefficient (Wildman–Crippen LogP) is 10.3. The Kier molecular flexibility index (Phi) is 5.28. The smallest absolute Gasteiger partial charge is 0.0541 e. The summed E-state index contributed by atoms with van der Waals surface area (Å²) < 4.78 is 2.39. The molecule has 0 aliphatic rings. The number of hydrogen-bond donors (Lipinski definition) is 0. The Morgan fingerprint density at radius 2 is 0.975 bits per heavy atom. The van der Waals surface area contributed by atoms with E-state index >= 15 is 0 Å². The molecule has 1 heteroatoms. The van der Waals surface area contributed by atoms with Gasteiger partial charge in [-0.3, -0.25) is 0 Å². The normalized spacial score (nSPS) is 12.4. The first-order chi connectivity index (χ1) is 19.8. The minimum atomic E-state index is 0.147. The van der Waals surface area contributed by atoms with E-state index in [9.17, 15) is 0 Å². The zero-order chi connectivity index (χ0) is 26.5. The lowest BCUT2D eigenvalue weighted by Crippen LogP contribution is -2.04.